The fraction of sp³-hybridized carbons (Fsp3) is 0.389. The molecule has 0 radical (unpaired) electrons. The zero-order valence-electron chi connectivity index (χ0n) is 14.1. The van der Waals surface area contributed by atoms with Crippen molar-refractivity contribution < 1.29 is 9.53 Å². The molecule has 0 unspecified atom stereocenters. The van der Waals surface area contributed by atoms with Crippen molar-refractivity contribution >= 4 is 5.91 Å². The predicted octanol–water partition coefficient (Wildman–Crippen LogP) is 1.39. The van der Waals surface area contributed by atoms with Crippen LogP contribution in [0.2, 0.25) is 0 Å². The van der Waals surface area contributed by atoms with E-state index < -0.39 is 0 Å². The van der Waals surface area contributed by atoms with Gasteiger partial charge in [-0.3, -0.25) is 4.79 Å². The quantitative estimate of drug-likeness (QED) is 0.706. The highest BCUT2D eigenvalue weighted by molar-refractivity contribution is 5.94. The second kappa shape index (κ2) is 7.40. The van der Waals surface area contributed by atoms with Crippen LogP contribution in [0, 0.1) is 0 Å². The van der Waals surface area contributed by atoms with Gasteiger partial charge in [0.25, 0.3) is 5.91 Å². The summed E-state index contributed by atoms with van der Waals surface area (Å²) in [6.45, 7) is 1.18. The SMILES string of the molecule is CNC/C(CNC(=O)c1ccc(OC2CC2)cc1)=C1\NC=CN1C. The largest absolute Gasteiger partial charge is 0.490 e. The van der Waals surface area contributed by atoms with E-state index in [1.807, 2.05) is 43.5 Å². The smallest absolute Gasteiger partial charge is 0.251 e. The van der Waals surface area contributed by atoms with Gasteiger partial charge in [-0.25, -0.2) is 0 Å². The normalized spacial score (nSPS) is 18.3. The maximum atomic E-state index is 12.4. The monoisotopic (exact) mass is 328 g/mol. The fourth-order valence-corrected chi connectivity index (χ4v) is 2.55. The molecule has 1 amide bonds. The molecule has 24 heavy (non-hydrogen) atoms. The minimum Gasteiger partial charge on any atom is -0.490 e. The summed E-state index contributed by atoms with van der Waals surface area (Å²) in [5, 5.41) is 9.33. The minimum atomic E-state index is -0.0872. The number of carbonyl (C=O) groups excluding carboxylic acids is 1. The van der Waals surface area contributed by atoms with Crippen molar-refractivity contribution in [2.24, 2.45) is 0 Å². The molecule has 0 saturated heterocycles. The minimum absolute atomic E-state index is 0.0872. The van der Waals surface area contributed by atoms with Crippen molar-refractivity contribution in [2.45, 2.75) is 18.9 Å². The summed E-state index contributed by atoms with van der Waals surface area (Å²) in [4.78, 5) is 14.4. The molecule has 1 fully saturated rings. The number of nitrogens with zero attached hydrogens (tertiary/aromatic N) is 1. The third kappa shape index (κ3) is 4.08. The van der Waals surface area contributed by atoms with E-state index in [0.717, 1.165) is 30.0 Å². The molecule has 1 heterocycles. The Morgan fingerprint density at radius 3 is 2.62 bits per heavy atom. The van der Waals surface area contributed by atoms with Gasteiger partial charge in [-0.15, -0.1) is 0 Å². The standard InChI is InChI=1S/C18H24N4O2/c1-19-11-14(17-20-9-10-22(17)2)12-21-18(23)13-3-5-15(6-4-13)24-16-7-8-16/h3-6,9-10,16,19-20H,7-8,11-12H2,1-2H3,(H,21,23)/b17-14-. The van der Waals surface area contributed by atoms with Gasteiger partial charge in [0.15, 0.2) is 0 Å². The molecule has 2 aliphatic rings. The lowest BCUT2D eigenvalue weighted by Crippen LogP contribution is -2.32. The van der Waals surface area contributed by atoms with E-state index in [-0.39, 0.29) is 5.91 Å². The first-order valence-corrected chi connectivity index (χ1v) is 8.25. The van der Waals surface area contributed by atoms with Gasteiger partial charge in [-0.1, -0.05) is 0 Å². The second-order valence-corrected chi connectivity index (χ2v) is 6.08. The first-order valence-electron chi connectivity index (χ1n) is 8.25. The number of hydrogen-bond acceptors (Lipinski definition) is 5. The summed E-state index contributed by atoms with van der Waals surface area (Å²) in [6.07, 6.45) is 6.45. The van der Waals surface area contributed by atoms with Crippen LogP contribution in [0.5, 0.6) is 5.75 Å². The van der Waals surface area contributed by atoms with E-state index in [4.69, 9.17) is 4.74 Å². The lowest BCUT2D eigenvalue weighted by molar-refractivity contribution is 0.0956. The molecular formula is C18H24N4O2. The van der Waals surface area contributed by atoms with Crippen molar-refractivity contribution in [2.75, 3.05) is 27.2 Å². The number of amides is 1. The highest BCUT2D eigenvalue weighted by atomic mass is 16.5. The number of ether oxygens (including phenoxy) is 1. The Labute approximate surface area is 142 Å². The highest BCUT2D eigenvalue weighted by Gasteiger charge is 2.23. The zero-order chi connectivity index (χ0) is 16.9. The molecule has 1 saturated carbocycles. The molecule has 0 bridgehead atoms. The van der Waals surface area contributed by atoms with Gasteiger partial charge in [0.1, 0.15) is 11.6 Å². The molecule has 3 rings (SSSR count). The third-order valence-electron chi connectivity index (χ3n) is 4.00. The van der Waals surface area contributed by atoms with E-state index in [1.54, 1.807) is 12.1 Å². The first kappa shape index (κ1) is 16.4. The first-order chi connectivity index (χ1) is 11.7. The van der Waals surface area contributed by atoms with Gasteiger partial charge in [-0.05, 0) is 44.2 Å². The van der Waals surface area contributed by atoms with Crippen LogP contribution >= 0.6 is 0 Å². The summed E-state index contributed by atoms with van der Waals surface area (Å²) in [5.74, 6) is 1.74. The number of rotatable bonds is 7. The Kier molecular flexibility index (Phi) is 5.05. The number of carbonyl (C=O) groups is 1. The van der Waals surface area contributed by atoms with Gasteiger partial charge in [-0.2, -0.15) is 0 Å². The van der Waals surface area contributed by atoms with Crippen LogP contribution in [0.4, 0.5) is 0 Å². The Balaban J connectivity index is 1.59. The molecule has 1 aliphatic heterocycles. The summed E-state index contributed by atoms with van der Waals surface area (Å²) >= 11 is 0. The van der Waals surface area contributed by atoms with Crippen LogP contribution in [0.25, 0.3) is 0 Å². The van der Waals surface area contributed by atoms with E-state index in [1.165, 1.54) is 0 Å². The molecule has 0 spiro atoms. The molecule has 128 valence electrons. The average Bonchev–Trinajstić information content (AvgIpc) is 3.30. The van der Waals surface area contributed by atoms with Gasteiger partial charge >= 0.3 is 0 Å². The molecule has 1 aliphatic carbocycles. The van der Waals surface area contributed by atoms with Crippen LogP contribution in [-0.2, 0) is 0 Å². The fourth-order valence-electron chi connectivity index (χ4n) is 2.55. The molecule has 6 heteroatoms. The topological polar surface area (TPSA) is 65.6 Å². The Bertz CT molecular complexity index is 647. The van der Waals surface area contributed by atoms with E-state index in [2.05, 4.69) is 16.0 Å². The van der Waals surface area contributed by atoms with Crippen molar-refractivity contribution in [1.29, 1.82) is 0 Å². The summed E-state index contributed by atoms with van der Waals surface area (Å²) in [7, 11) is 3.87. The summed E-state index contributed by atoms with van der Waals surface area (Å²) in [6, 6.07) is 7.33. The zero-order valence-corrected chi connectivity index (χ0v) is 14.1. The maximum absolute atomic E-state index is 12.4. The van der Waals surface area contributed by atoms with Gasteiger partial charge in [0.05, 0.1) is 6.10 Å². The Morgan fingerprint density at radius 1 is 1.29 bits per heavy atom. The maximum Gasteiger partial charge on any atom is 0.251 e. The summed E-state index contributed by atoms with van der Waals surface area (Å²) < 4.78 is 5.70. The molecule has 1 aromatic rings. The number of likely N-dealkylation sites (N-methyl/N-ethyl adjacent to an activating group) is 1. The lowest BCUT2D eigenvalue weighted by Gasteiger charge is -2.18. The molecule has 1 aromatic carbocycles. The lowest BCUT2D eigenvalue weighted by atomic mass is 10.2. The van der Waals surface area contributed by atoms with Crippen LogP contribution in [0.1, 0.15) is 23.2 Å². The molecular weight excluding hydrogens is 304 g/mol. The van der Waals surface area contributed by atoms with Gasteiger partial charge in [0.2, 0.25) is 0 Å². The van der Waals surface area contributed by atoms with E-state index in [9.17, 15) is 4.79 Å². The van der Waals surface area contributed by atoms with E-state index >= 15 is 0 Å². The Hall–Kier alpha value is -2.47. The highest BCUT2D eigenvalue weighted by Crippen LogP contribution is 2.26. The number of hydrogen-bond donors (Lipinski definition) is 3. The van der Waals surface area contributed by atoms with Crippen molar-refractivity contribution in [1.82, 2.24) is 20.9 Å². The molecule has 3 N–H and O–H groups in total. The number of nitrogens with one attached hydrogen (secondary N) is 3. The molecule has 6 nitrogen and oxygen atoms in total. The number of benzene rings is 1. The average molecular weight is 328 g/mol. The molecule has 0 atom stereocenters. The predicted molar refractivity (Wildman–Crippen MR) is 93.4 cm³/mol. The van der Waals surface area contributed by atoms with Crippen LogP contribution in [-0.4, -0.2) is 44.1 Å². The van der Waals surface area contributed by atoms with Gasteiger partial charge in [0, 0.05) is 43.7 Å². The molecule has 0 aromatic heterocycles. The van der Waals surface area contributed by atoms with Crippen molar-refractivity contribution in [3.63, 3.8) is 0 Å². The van der Waals surface area contributed by atoms with Crippen LogP contribution in [0.3, 0.4) is 0 Å². The van der Waals surface area contributed by atoms with Crippen molar-refractivity contribution in [3.8, 4) is 5.75 Å². The van der Waals surface area contributed by atoms with Crippen molar-refractivity contribution in [3.05, 3.63) is 53.6 Å². The summed E-state index contributed by atoms with van der Waals surface area (Å²) in [5.41, 5.74) is 1.73. The van der Waals surface area contributed by atoms with Crippen LogP contribution < -0.4 is 20.7 Å². The van der Waals surface area contributed by atoms with Gasteiger partial charge < -0.3 is 25.6 Å². The Morgan fingerprint density at radius 2 is 2.04 bits per heavy atom. The van der Waals surface area contributed by atoms with Crippen LogP contribution in [0.15, 0.2) is 48.1 Å². The second-order valence-electron chi connectivity index (χ2n) is 6.08. The third-order valence-corrected chi connectivity index (χ3v) is 4.00. The van der Waals surface area contributed by atoms with E-state index in [0.29, 0.717) is 24.8 Å².